The van der Waals surface area contributed by atoms with Crippen molar-refractivity contribution in [1.29, 1.82) is 5.26 Å². The second-order valence-corrected chi connectivity index (χ2v) is 5.84. The van der Waals surface area contributed by atoms with Gasteiger partial charge in [-0.15, -0.1) is 12.3 Å². The van der Waals surface area contributed by atoms with E-state index in [2.05, 4.69) is 17.0 Å². The fourth-order valence-corrected chi connectivity index (χ4v) is 2.09. The molecule has 1 aliphatic rings. The number of pyridine rings is 1. The number of terminal acetylenes is 1. The summed E-state index contributed by atoms with van der Waals surface area (Å²) < 4.78 is 12.0. The average Bonchev–Trinajstić information content (AvgIpc) is 2.58. The molecule has 1 fully saturated rings. The van der Waals surface area contributed by atoms with Crippen LogP contribution in [0.25, 0.3) is 0 Å². The van der Waals surface area contributed by atoms with Crippen LogP contribution in [-0.4, -0.2) is 23.3 Å². The molecule has 1 saturated heterocycles. The summed E-state index contributed by atoms with van der Waals surface area (Å²) in [5, 5.41) is 9.28. The Morgan fingerprint density at radius 2 is 1.85 bits per heavy atom. The molecule has 0 spiro atoms. The largest absolute Gasteiger partial charge is 0.496 e. The van der Waals surface area contributed by atoms with Crippen LogP contribution in [0.2, 0.25) is 0 Å². The third-order valence-corrected chi connectivity index (χ3v) is 3.97. The minimum absolute atomic E-state index is 0.391. The van der Waals surface area contributed by atoms with E-state index < -0.39 is 18.3 Å². The van der Waals surface area contributed by atoms with Gasteiger partial charge in [-0.05, 0) is 33.3 Å². The summed E-state index contributed by atoms with van der Waals surface area (Å²) in [5.74, 6) is 2.58. The lowest BCUT2D eigenvalue weighted by Crippen LogP contribution is -2.41. The number of nitrogens with zero attached hydrogens (tertiary/aromatic N) is 2. The van der Waals surface area contributed by atoms with Gasteiger partial charge in [-0.3, -0.25) is 4.98 Å². The van der Waals surface area contributed by atoms with Crippen molar-refractivity contribution in [2.45, 2.75) is 45.3 Å². The molecule has 0 radical (unpaired) electrons. The first-order valence-electron chi connectivity index (χ1n) is 6.48. The first-order valence-corrected chi connectivity index (χ1v) is 6.48. The summed E-state index contributed by atoms with van der Waals surface area (Å²) >= 11 is 0. The van der Waals surface area contributed by atoms with E-state index in [0.717, 1.165) is 5.56 Å². The molecule has 0 aromatic carbocycles. The first-order chi connectivity index (χ1) is 9.32. The lowest BCUT2D eigenvalue weighted by molar-refractivity contribution is 0.00578. The maximum Gasteiger partial charge on any atom is 0.496 e. The number of rotatable bonds is 2. The molecule has 0 N–H and O–H groups in total. The molecule has 0 unspecified atom stereocenters. The van der Waals surface area contributed by atoms with Gasteiger partial charge in [0.25, 0.3) is 0 Å². The second-order valence-electron chi connectivity index (χ2n) is 5.84. The molecule has 102 valence electrons. The van der Waals surface area contributed by atoms with Gasteiger partial charge in [0.15, 0.2) is 0 Å². The Bertz CT molecular complexity index is 595. The fraction of sp³-hybridized carbons (Fsp3) is 0.467. The Labute approximate surface area is 120 Å². The van der Waals surface area contributed by atoms with Crippen molar-refractivity contribution < 1.29 is 9.31 Å². The molecule has 5 heteroatoms. The molecule has 2 heterocycles. The molecule has 4 nitrogen and oxygen atoms in total. The molecule has 1 aromatic heterocycles. The van der Waals surface area contributed by atoms with Gasteiger partial charge in [-0.2, -0.15) is 5.26 Å². The van der Waals surface area contributed by atoms with Crippen molar-refractivity contribution in [1.82, 2.24) is 4.98 Å². The van der Waals surface area contributed by atoms with Crippen LogP contribution in [0.15, 0.2) is 12.4 Å². The van der Waals surface area contributed by atoms with E-state index in [-0.39, 0.29) is 0 Å². The van der Waals surface area contributed by atoms with E-state index in [9.17, 15) is 5.26 Å². The van der Waals surface area contributed by atoms with E-state index in [1.165, 1.54) is 6.20 Å². The molecule has 0 bridgehead atoms. The van der Waals surface area contributed by atoms with Crippen molar-refractivity contribution in [2.24, 2.45) is 0 Å². The number of hydrogen-bond acceptors (Lipinski definition) is 4. The monoisotopic (exact) mass is 268 g/mol. The van der Waals surface area contributed by atoms with Gasteiger partial charge >= 0.3 is 7.12 Å². The van der Waals surface area contributed by atoms with Crippen LogP contribution in [0.1, 0.15) is 38.8 Å². The third kappa shape index (κ3) is 2.31. The summed E-state index contributed by atoms with van der Waals surface area (Å²) in [4.78, 5) is 4.05. The van der Waals surface area contributed by atoms with Gasteiger partial charge < -0.3 is 9.31 Å². The zero-order valence-corrected chi connectivity index (χ0v) is 12.2. The average molecular weight is 268 g/mol. The summed E-state index contributed by atoms with van der Waals surface area (Å²) in [7, 11) is -0.596. The molecule has 1 aliphatic heterocycles. The fourth-order valence-electron chi connectivity index (χ4n) is 2.09. The zero-order chi connectivity index (χ0) is 15.0. The molecule has 2 rings (SSSR count). The van der Waals surface area contributed by atoms with Gasteiger partial charge in [-0.25, -0.2) is 0 Å². The molecular formula is C15H17BN2O2. The predicted molar refractivity (Wildman–Crippen MR) is 77.2 cm³/mol. The van der Waals surface area contributed by atoms with Crippen molar-refractivity contribution in [3.05, 3.63) is 23.5 Å². The Morgan fingerprint density at radius 3 is 2.35 bits per heavy atom. The number of aromatic nitrogens is 1. The quantitative estimate of drug-likeness (QED) is 0.601. The van der Waals surface area contributed by atoms with Gasteiger partial charge in [-0.1, -0.05) is 0 Å². The van der Waals surface area contributed by atoms with Crippen LogP contribution in [-0.2, 0) is 15.7 Å². The summed E-state index contributed by atoms with van der Waals surface area (Å²) in [6.07, 6.45) is 8.96. The minimum Gasteiger partial charge on any atom is -0.399 e. The summed E-state index contributed by atoms with van der Waals surface area (Å²) in [6.45, 7) is 7.89. The van der Waals surface area contributed by atoms with E-state index in [1.807, 2.05) is 27.7 Å². The van der Waals surface area contributed by atoms with Crippen molar-refractivity contribution in [3.8, 4) is 18.4 Å². The summed E-state index contributed by atoms with van der Waals surface area (Å²) in [5.41, 5.74) is 1.02. The highest BCUT2D eigenvalue weighted by Gasteiger charge is 2.52. The standard InChI is InChI=1S/C15H17BN2O2/c1-6-7-11-9-18-10-12(8-17)13(11)16-19-14(2,3)15(4,5)20-16/h1,9-10H,7H2,2-5H3. The maximum atomic E-state index is 9.28. The van der Waals surface area contributed by atoms with Crippen molar-refractivity contribution in [2.75, 3.05) is 0 Å². The zero-order valence-electron chi connectivity index (χ0n) is 12.2. The van der Waals surface area contributed by atoms with Gasteiger partial charge in [0.05, 0.1) is 16.8 Å². The number of hydrogen-bond donors (Lipinski definition) is 0. The summed E-state index contributed by atoms with van der Waals surface area (Å²) in [6, 6.07) is 2.13. The van der Waals surface area contributed by atoms with Gasteiger partial charge in [0.2, 0.25) is 0 Å². The molecule has 20 heavy (non-hydrogen) atoms. The van der Waals surface area contributed by atoms with Crippen LogP contribution in [0.3, 0.4) is 0 Å². The van der Waals surface area contributed by atoms with Crippen molar-refractivity contribution >= 4 is 12.6 Å². The Morgan fingerprint density at radius 1 is 1.25 bits per heavy atom. The van der Waals surface area contributed by atoms with E-state index in [1.54, 1.807) is 6.20 Å². The first kappa shape index (κ1) is 14.6. The van der Waals surface area contributed by atoms with E-state index >= 15 is 0 Å². The second kappa shape index (κ2) is 4.94. The third-order valence-electron chi connectivity index (χ3n) is 3.97. The highest BCUT2D eigenvalue weighted by atomic mass is 16.7. The molecular weight excluding hydrogens is 251 g/mol. The predicted octanol–water partition coefficient (Wildman–Crippen LogP) is 1.43. The lowest BCUT2D eigenvalue weighted by Gasteiger charge is -2.32. The Balaban J connectivity index is 2.49. The highest BCUT2D eigenvalue weighted by Crippen LogP contribution is 2.36. The van der Waals surface area contributed by atoms with Gasteiger partial charge in [0.1, 0.15) is 6.07 Å². The van der Waals surface area contributed by atoms with Crippen molar-refractivity contribution in [3.63, 3.8) is 0 Å². The molecule has 0 saturated carbocycles. The Hall–Kier alpha value is -1.82. The van der Waals surface area contributed by atoms with Crippen LogP contribution in [0, 0.1) is 23.7 Å². The van der Waals surface area contributed by atoms with E-state index in [4.69, 9.17) is 15.7 Å². The van der Waals surface area contributed by atoms with Crippen LogP contribution in [0.4, 0.5) is 0 Å². The highest BCUT2D eigenvalue weighted by molar-refractivity contribution is 6.63. The van der Waals surface area contributed by atoms with Crippen LogP contribution in [0.5, 0.6) is 0 Å². The molecule has 1 aromatic rings. The maximum absolute atomic E-state index is 9.28. The lowest BCUT2D eigenvalue weighted by atomic mass is 9.73. The molecule has 0 atom stereocenters. The molecule has 0 amide bonds. The topological polar surface area (TPSA) is 55.1 Å². The normalized spacial score (nSPS) is 19.4. The number of nitriles is 1. The smallest absolute Gasteiger partial charge is 0.399 e. The molecule has 0 aliphatic carbocycles. The minimum atomic E-state index is -0.596. The van der Waals surface area contributed by atoms with E-state index in [0.29, 0.717) is 17.4 Å². The van der Waals surface area contributed by atoms with Crippen LogP contribution >= 0.6 is 0 Å². The Kier molecular flexibility index (Phi) is 3.60. The van der Waals surface area contributed by atoms with Crippen LogP contribution < -0.4 is 5.46 Å². The van der Waals surface area contributed by atoms with Gasteiger partial charge in [0, 0.05) is 24.3 Å². The SMILES string of the molecule is C#CCc1cncc(C#N)c1B1OC(C)(C)C(C)(C)O1.